The van der Waals surface area contributed by atoms with Gasteiger partial charge in [-0.2, -0.15) is 0 Å². The molecule has 4 heteroatoms. The van der Waals surface area contributed by atoms with Crippen molar-refractivity contribution in [1.29, 1.82) is 0 Å². The molecule has 2 N–H and O–H groups in total. The lowest BCUT2D eigenvalue weighted by Gasteiger charge is -2.36. The second-order valence-corrected chi connectivity index (χ2v) is 17.1. The Bertz CT molecular complexity index is 957. The van der Waals surface area contributed by atoms with Gasteiger partial charge in [-0.15, -0.1) is 23.5 Å². The Morgan fingerprint density at radius 2 is 1.12 bits per heavy atom. The zero-order chi connectivity index (χ0) is 31.2. The van der Waals surface area contributed by atoms with Gasteiger partial charge in [-0.1, -0.05) is 116 Å². The Labute approximate surface area is 273 Å². The highest BCUT2D eigenvalue weighted by molar-refractivity contribution is 8.17. The molecule has 1 fully saturated rings. The van der Waals surface area contributed by atoms with E-state index in [9.17, 15) is 10.2 Å². The monoisotopic (exact) mass is 626 g/mol. The molecule has 0 bridgehead atoms. The van der Waals surface area contributed by atoms with E-state index in [4.69, 9.17) is 0 Å². The fraction of sp³-hybridized carbons (Fsp3) is 0.692. The van der Waals surface area contributed by atoms with Gasteiger partial charge in [0.25, 0.3) is 0 Å². The molecule has 3 unspecified atom stereocenters. The van der Waals surface area contributed by atoms with Gasteiger partial charge in [0.05, 0.1) is 4.58 Å². The summed E-state index contributed by atoms with van der Waals surface area (Å²) in [6, 6.07) is 17.6. The number of aliphatic hydroxyl groups excluding tert-OH is 1. The second-order valence-electron chi connectivity index (χ2n) is 14.3. The van der Waals surface area contributed by atoms with E-state index in [2.05, 4.69) is 114 Å². The number of hydrogen-bond acceptors (Lipinski definition) is 4. The Hall–Kier alpha value is -0.940. The van der Waals surface area contributed by atoms with Crippen molar-refractivity contribution >= 4 is 23.5 Å². The predicted octanol–water partition coefficient (Wildman–Crippen LogP) is 10.5. The molecular formula is C39H62O2S2. The first-order valence-electron chi connectivity index (χ1n) is 17.4. The Morgan fingerprint density at radius 1 is 0.674 bits per heavy atom. The molecule has 0 spiro atoms. The van der Waals surface area contributed by atoms with Crippen LogP contribution >= 0.6 is 23.5 Å². The largest absolute Gasteiger partial charge is 0.396 e. The maximum Gasteiger partial charge on any atom is 0.117 e. The molecule has 1 aliphatic heterocycles. The van der Waals surface area contributed by atoms with Crippen molar-refractivity contribution in [3.63, 3.8) is 0 Å². The average molecular weight is 627 g/mol. The van der Waals surface area contributed by atoms with Crippen LogP contribution in [0.5, 0.6) is 0 Å². The maximum atomic E-state index is 12.6. The van der Waals surface area contributed by atoms with E-state index < -0.39 is 5.60 Å². The maximum absolute atomic E-state index is 12.6. The summed E-state index contributed by atoms with van der Waals surface area (Å²) in [5, 5.41) is 22.0. The fourth-order valence-corrected chi connectivity index (χ4v) is 10.0. The predicted molar refractivity (Wildman–Crippen MR) is 192 cm³/mol. The standard InChI is InChI=1S/C39H62O2S2/c1-29(2)26-33-16-20-36(21-17-33)39(41,37-22-18-34(19-23-37)27-30(3)4)32(6)13-8-10-15-35(38-42-24-11-25-43-38)14-9-7-12-31(5)28-40/h16-23,29-32,35,38,40-41H,7-15,24-28H2,1-6H3. The first kappa shape index (κ1) is 36.5. The van der Waals surface area contributed by atoms with E-state index in [1.54, 1.807) is 0 Å². The van der Waals surface area contributed by atoms with Crippen molar-refractivity contribution in [1.82, 2.24) is 0 Å². The molecule has 0 aromatic heterocycles. The zero-order valence-corrected chi connectivity index (χ0v) is 29.8. The van der Waals surface area contributed by atoms with Crippen LogP contribution in [-0.2, 0) is 18.4 Å². The lowest BCUT2D eigenvalue weighted by Crippen LogP contribution is -2.35. The van der Waals surface area contributed by atoms with Crippen molar-refractivity contribution < 1.29 is 10.2 Å². The number of thioether (sulfide) groups is 2. The highest BCUT2D eigenvalue weighted by Gasteiger charge is 2.37. The molecular weight excluding hydrogens is 565 g/mol. The summed E-state index contributed by atoms with van der Waals surface area (Å²) in [4.78, 5) is 0. The molecule has 0 saturated carbocycles. The van der Waals surface area contributed by atoms with Crippen LogP contribution < -0.4 is 0 Å². The third-order valence-electron chi connectivity index (χ3n) is 9.32. The average Bonchev–Trinajstić information content (AvgIpc) is 3.00. The Balaban J connectivity index is 1.68. The molecule has 0 radical (unpaired) electrons. The lowest BCUT2D eigenvalue weighted by atomic mass is 9.74. The highest BCUT2D eigenvalue weighted by Crippen LogP contribution is 2.42. The summed E-state index contributed by atoms with van der Waals surface area (Å²) in [5.41, 5.74) is 3.74. The molecule has 3 atom stereocenters. The van der Waals surface area contributed by atoms with Gasteiger partial charge in [0, 0.05) is 6.61 Å². The van der Waals surface area contributed by atoms with Gasteiger partial charge in [0.15, 0.2) is 0 Å². The van der Waals surface area contributed by atoms with E-state index in [0.29, 0.717) is 24.4 Å². The van der Waals surface area contributed by atoms with Gasteiger partial charge in [-0.05, 0) is 108 Å². The Morgan fingerprint density at radius 3 is 1.56 bits per heavy atom. The van der Waals surface area contributed by atoms with Crippen LogP contribution in [0, 0.1) is 29.6 Å². The molecule has 3 rings (SSSR count). The highest BCUT2D eigenvalue weighted by atomic mass is 32.2. The van der Waals surface area contributed by atoms with E-state index in [0.717, 1.165) is 53.7 Å². The minimum Gasteiger partial charge on any atom is -0.396 e. The van der Waals surface area contributed by atoms with E-state index >= 15 is 0 Å². The normalized spacial score (nSPS) is 17.0. The van der Waals surface area contributed by atoms with Gasteiger partial charge >= 0.3 is 0 Å². The van der Waals surface area contributed by atoms with Gasteiger partial charge in [-0.25, -0.2) is 0 Å². The van der Waals surface area contributed by atoms with Gasteiger partial charge in [0.1, 0.15) is 5.60 Å². The van der Waals surface area contributed by atoms with Crippen LogP contribution in [0.25, 0.3) is 0 Å². The van der Waals surface area contributed by atoms with Crippen molar-refractivity contribution in [3.05, 3.63) is 70.8 Å². The zero-order valence-electron chi connectivity index (χ0n) is 28.2. The molecule has 2 aromatic rings. The van der Waals surface area contributed by atoms with Gasteiger partial charge < -0.3 is 10.2 Å². The van der Waals surface area contributed by atoms with Gasteiger partial charge in [-0.3, -0.25) is 0 Å². The summed E-state index contributed by atoms with van der Waals surface area (Å²) >= 11 is 4.39. The number of benzene rings is 2. The van der Waals surface area contributed by atoms with Gasteiger partial charge in [0.2, 0.25) is 0 Å². The van der Waals surface area contributed by atoms with Crippen LogP contribution in [0.3, 0.4) is 0 Å². The summed E-state index contributed by atoms with van der Waals surface area (Å²) in [6.07, 6.45) is 13.1. The van der Waals surface area contributed by atoms with Crippen molar-refractivity contribution in [3.8, 4) is 0 Å². The third kappa shape index (κ3) is 11.7. The van der Waals surface area contributed by atoms with Crippen LogP contribution in [0.4, 0.5) is 0 Å². The molecule has 0 aliphatic carbocycles. The topological polar surface area (TPSA) is 40.5 Å². The quantitative estimate of drug-likeness (QED) is 0.152. The molecule has 2 aromatic carbocycles. The summed E-state index contributed by atoms with van der Waals surface area (Å²) in [5.74, 6) is 5.19. The van der Waals surface area contributed by atoms with Crippen LogP contribution in [-0.4, -0.2) is 32.9 Å². The third-order valence-corrected chi connectivity index (χ3v) is 12.6. The smallest absolute Gasteiger partial charge is 0.117 e. The molecule has 1 heterocycles. The molecule has 242 valence electrons. The first-order chi connectivity index (χ1) is 20.6. The summed E-state index contributed by atoms with van der Waals surface area (Å²) in [6.45, 7) is 13.8. The summed E-state index contributed by atoms with van der Waals surface area (Å²) in [7, 11) is 0. The molecule has 2 nitrogen and oxygen atoms in total. The van der Waals surface area contributed by atoms with E-state index in [1.807, 2.05) is 0 Å². The van der Waals surface area contributed by atoms with Crippen LogP contribution in [0.2, 0.25) is 0 Å². The fourth-order valence-electron chi connectivity index (χ4n) is 6.72. The van der Waals surface area contributed by atoms with Crippen molar-refractivity contribution in [2.75, 3.05) is 18.1 Å². The lowest BCUT2D eigenvalue weighted by molar-refractivity contribution is 0.0190. The first-order valence-corrected chi connectivity index (χ1v) is 19.5. The van der Waals surface area contributed by atoms with Crippen molar-refractivity contribution in [2.45, 2.75) is 122 Å². The number of unbranched alkanes of at least 4 members (excludes halogenated alkanes) is 2. The van der Waals surface area contributed by atoms with Crippen LogP contribution in [0.1, 0.15) is 122 Å². The number of hydrogen-bond donors (Lipinski definition) is 2. The minimum atomic E-state index is -0.995. The number of rotatable bonds is 19. The molecule has 43 heavy (non-hydrogen) atoms. The van der Waals surface area contributed by atoms with Crippen molar-refractivity contribution in [2.24, 2.45) is 29.6 Å². The van der Waals surface area contributed by atoms with E-state index in [-0.39, 0.29) is 5.92 Å². The number of aliphatic hydroxyl groups is 2. The molecule has 0 amide bonds. The van der Waals surface area contributed by atoms with Crippen LogP contribution in [0.15, 0.2) is 48.5 Å². The Kier molecular flexibility index (Phi) is 16.0. The second kappa shape index (κ2) is 18.9. The SMILES string of the molecule is CC(C)Cc1ccc(C(O)(c2ccc(CC(C)C)cc2)C(C)CCCCC(CCCCC(C)CO)C2SCCCS2)cc1. The molecule has 1 aliphatic rings. The molecule has 1 saturated heterocycles. The van der Waals surface area contributed by atoms with E-state index in [1.165, 1.54) is 61.2 Å². The summed E-state index contributed by atoms with van der Waals surface area (Å²) < 4.78 is 0.743. The minimum absolute atomic E-state index is 0.122.